The lowest BCUT2D eigenvalue weighted by Crippen LogP contribution is -2.34. The van der Waals surface area contributed by atoms with Crippen molar-refractivity contribution in [1.82, 2.24) is 4.90 Å². The van der Waals surface area contributed by atoms with Gasteiger partial charge in [0.25, 0.3) is 0 Å². The average Bonchev–Trinajstić information content (AvgIpc) is 2.94. The third-order valence-corrected chi connectivity index (χ3v) is 3.63. The van der Waals surface area contributed by atoms with E-state index in [9.17, 15) is 4.79 Å². The van der Waals surface area contributed by atoms with Crippen LogP contribution in [-0.2, 0) is 4.79 Å². The summed E-state index contributed by atoms with van der Waals surface area (Å²) in [6.45, 7) is 2.80. The zero-order chi connectivity index (χ0) is 14.4. The summed E-state index contributed by atoms with van der Waals surface area (Å²) in [5.74, 6) is 0.0996. The van der Waals surface area contributed by atoms with Crippen molar-refractivity contribution in [2.45, 2.75) is 38.6 Å². The van der Waals surface area contributed by atoms with Crippen molar-refractivity contribution in [2.24, 2.45) is 0 Å². The highest BCUT2D eigenvalue weighted by atomic mass is 16.2. The van der Waals surface area contributed by atoms with Gasteiger partial charge in [-0.15, -0.1) is 0 Å². The summed E-state index contributed by atoms with van der Waals surface area (Å²) in [6, 6.07) is 10.3. The molecule has 1 fully saturated rings. The van der Waals surface area contributed by atoms with Crippen LogP contribution in [0.25, 0.3) is 6.08 Å². The number of nitrogens with zero attached hydrogens (tertiary/aromatic N) is 2. The second-order valence-electron chi connectivity index (χ2n) is 5.23. The monoisotopic (exact) mass is 268 g/mol. The molecule has 1 aliphatic heterocycles. The van der Waals surface area contributed by atoms with Crippen molar-refractivity contribution in [2.75, 3.05) is 6.54 Å². The molecule has 0 aromatic heterocycles. The number of benzene rings is 1. The average molecular weight is 268 g/mol. The van der Waals surface area contributed by atoms with Crippen LogP contribution in [0.5, 0.6) is 0 Å². The number of hydrogen-bond donors (Lipinski definition) is 0. The SMILES string of the molecule is Cc1ccc(C=CCCC(=O)N2CCCC2C#N)cc1. The van der Waals surface area contributed by atoms with E-state index < -0.39 is 0 Å². The molecule has 1 saturated heterocycles. The zero-order valence-corrected chi connectivity index (χ0v) is 11.9. The largest absolute Gasteiger partial charge is 0.327 e. The molecular weight excluding hydrogens is 248 g/mol. The van der Waals surface area contributed by atoms with E-state index in [4.69, 9.17) is 5.26 Å². The summed E-state index contributed by atoms with van der Waals surface area (Å²) in [4.78, 5) is 13.7. The number of nitriles is 1. The lowest BCUT2D eigenvalue weighted by atomic mass is 10.1. The van der Waals surface area contributed by atoms with Crippen molar-refractivity contribution in [3.8, 4) is 6.07 Å². The van der Waals surface area contributed by atoms with Gasteiger partial charge in [0.15, 0.2) is 0 Å². The van der Waals surface area contributed by atoms with Crippen LogP contribution in [0.3, 0.4) is 0 Å². The molecule has 1 unspecified atom stereocenters. The van der Waals surface area contributed by atoms with Crippen LogP contribution in [-0.4, -0.2) is 23.4 Å². The van der Waals surface area contributed by atoms with Crippen molar-refractivity contribution < 1.29 is 4.79 Å². The van der Waals surface area contributed by atoms with Gasteiger partial charge >= 0.3 is 0 Å². The molecule has 1 heterocycles. The summed E-state index contributed by atoms with van der Waals surface area (Å²) in [7, 11) is 0. The molecule has 3 heteroatoms. The van der Waals surface area contributed by atoms with Gasteiger partial charge in [-0.05, 0) is 31.7 Å². The molecule has 1 aliphatic rings. The van der Waals surface area contributed by atoms with Gasteiger partial charge < -0.3 is 4.90 Å². The van der Waals surface area contributed by atoms with Crippen LogP contribution in [0.4, 0.5) is 0 Å². The fourth-order valence-corrected chi connectivity index (χ4v) is 2.45. The number of rotatable bonds is 4. The van der Waals surface area contributed by atoms with Gasteiger partial charge in [-0.2, -0.15) is 5.26 Å². The molecule has 2 rings (SSSR count). The Labute approximate surface area is 120 Å². The predicted octanol–water partition coefficient (Wildman–Crippen LogP) is 3.30. The second kappa shape index (κ2) is 6.91. The molecule has 1 amide bonds. The Morgan fingerprint density at radius 1 is 1.45 bits per heavy atom. The van der Waals surface area contributed by atoms with Crippen LogP contribution < -0.4 is 0 Å². The minimum atomic E-state index is -0.205. The second-order valence-corrected chi connectivity index (χ2v) is 5.23. The standard InChI is InChI=1S/C17H20N2O/c1-14-8-10-15(11-9-14)5-2-3-7-17(20)19-12-4-6-16(19)13-18/h2,5,8-11,16H,3-4,6-7,12H2,1H3. The van der Waals surface area contributed by atoms with E-state index in [1.165, 1.54) is 5.56 Å². The van der Waals surface area contributed by atoms with Crippen LogP contribution in [0.1, 0.15) is 36.8 Å². The summed E-state index contributed by atoms with van der Waals surface area (Å²) >= 11 is 0. The number of hydrogen-bond acceptors (Lipinski definition) is 2. The van der Waals surface area contributed by atoms with Gasteiger partial charge in [-0.1, -0.05) is 42.0 Å². The molecule has 104 valence electrons. The molecule has 0 aliphatic carbocycles. The number of amides is 1. The lowest BCUT2D eigenvalue weighted by molar-refractivity contribution is -0.131. The maximum atomic E-state index is 12.0. The number of likely N-dealkylation sites (tertiary alicyclic amines) is 1. The third-order valence-electron chi connectivity index (χ3n) is 3.63. The predicted molar refractivity (Wildman–Crippen MR) is 79.8 cm³/mol. The summed E-state index contributed by atoms with van der Waals surface area (Å²) < 4.78 is 0. The molecule has 1 aromatic carbocycles. The van der Waals surface area contributed by atoms with Gasteiger partial charge in [0.2, 0.25) is 5.91 Å². The van der Waals surface area contributed by atoms with Gasteiger partial charge in [-0.3, -0.25) is 4.79 Å². The quantitative estimate of drug-likeness (QED) is 0.841. The summed E-state index contributed by atoms with van der Waals surface area (Å²) in [6.07, 6.45) is 7.05. The Morgan fingerprint density at radius 2 is 2.20 bits per heavy atom. The molecule has 20 heavy (non-hydrogen) atoms. The number of carbonyl (C=O) groups is 1. The van der Waals surface area contributed by atoms with E-state index in [0.29, 0.717) is 6.42 Å². The van der Waals surface area contributed by atoms with Crippen molar-refractivity contribution in [1.29, 1.82) is 5.26 Å². The molecule has 0 bridgehead atoms. The molecule has 3 nitrogen and oxygen atoms in total. The molecule has 0 spiro atoms. The fraction of sp³-hybridized carbons (Fsp3) is 0.412. The fourth-order valence-electron chi connectivity index (χ4n) is 2.45. The smallest absolute Gasteiger partial charge is 0.223 e. The Bertz CT molecular complexity index is 525. The molecular formula is C17H20N2O. The Kier molecular flexibility index (Phi) is 4.95. The minimum absolute atomic E-state index is 0.0996. The number of carbonyl (C=O) groups excluding carboxylic acids is 1. The van der Waals surface area contributed by atoms with Crippen LogP contribution >= 0.6 is 0 Å². The Morgan fingerprint density at radius 3 is 2.90 bits per heavy atom. The molecule has 0 radical (unpaired) electrons. The highest BCUT2D eigenvalue weighted by Crippen LogP contribution is 2.18. The Balaban J connectivity index is 1.79. The van der Waals surface area contributed by atoms with Crippen molar-refractivity contribution in [3.05, 3.63) is 41.5 Å². The first-order valence-electron chi connectivity index (χ1n) is 7.13. The van der Waals surface area contributed by atoms with Gasteiger partial charge in [-0.25, -0.2) is 0 Å². The first kappa shape index (κ1) is 14.3. The van der Waals surface area contributed by atoms with E-state index in [-0.39, 0.29) is 11.9 Å². The van der Waals surface area contributed by atoms with Crippen LogP contribution in [0.2, 0.25) is 0 Å². The van der Waals surface area contributed by atoms with Gasteiger partial charge in [0, 0.05) is 13.0 Å². The van der Waals surface area contributed by atoms with E-state index in [1.807, 2.05) is 12.2 Å². The van der Waals surface area contributed by atoms with E-state index >= 15 is 0 Å². The van der Waals surface area contributed by atoms with Gasteiger partial charge in [0.1, 0.15) is 6.04 Å². The first-order chi connectivity index (χ1) is 9.70. The Hall–Kier alpha value is -2.08. The molecule has 1 aromatic rings. The zero-order valence-electron chi connectivity index (χ0n) is 11.9. The first-order valence-corrected chi connectivity index (χ1v) is 7.13. The number of allylic oxidation sites excluding steroid dienone is 1. The van der Waals surface area contributed by atoms with Crippen LogP contribution in [0.15, 0.2) is 30.3 Å². The van der Waals surface area contributed by atoms with Crippen molar-refractivity contribution >= 4 is 12.0 Å². The highest BCUT2D eigenvalue weighted by Gasteiger charge is 2.27. The lowest BCUT2D eigenvalue weighted by Gasteiger charge is -2.18. The van der Waals surface area contributed by atoms with E-state index in [1.54, 1.807) is 4.90 Å². The topological polar surface area (TPSA) is 44.1 Å². The highest BCUT2D eigenvalue weighted by molar-refractivity contribution is 5.77. The van der Waals surface area contributed by atoms with Crippen LogP contribution in [0, 0.1) is 18.3 Å². The van der Waals surface area contributed by atoms with Crippen molar-refractivity contribution in [3.63, 3.8) is 0 Å². The van der Waals surface area contributed by atoms with E-state index in [0.717, 1.165) is 31.4 Å². The minimum Gasteiger partial charge on any atom is -0.327 e. The molecule has 0 N–H and O–H groups in total. The maximum Gasteiger partial charge on any atom is 0.223 e. The normalized spacial score (nSPS) is 18.4. The third kappa shape index (κ3) is 3.71. The summed E-state index contributed by atoms with van der Waals surface area (Å²) in [5.41, 5.74) is 2.40. The molecule has 1 atom stereocenters. The van der Waals surface area contributed by atoms with E-state index in [2.05, 4.69) is 37.3 Å². The maximum absolute atomic E-state index is 12.0. The summed E-state index contributed by atoms with van der Waals surface area (Å²) in [5, 5.41) is 8.97. The number of aryl methyl sites for hydroxylation is 1. The molecule has 0 saturated carbocycles. The van der Waals surface area contributed by atoms with Gasteiger partial charge in [0.05, 0.1) is 6.07 Å².